The first-order chi connectivity index (χ1) is 12.2. The van der Waals surface area contributed by atoms with Crippen LogP contribution in [0.5, 0.6) is 11.5 Å². The fourth-order valence-corrected chi connectivity index (χ4v) is 3.66. The van der Waals surface area contributed by atoms with Gasteiger partial charge in [0.2, 0.25) is 0 Å². The number of ether oxygens (including phenoxy) is 2. The summed E-state index contributed by atoms with van der Waals surface area (Å²) in [4.78, 5) is 17.9. The van der Waals surface area contributed by atoms with Crippen molar-refractivity contribution in [2.75, 3.05) is 26.3 Å². The van der Waals surface area contributed by atoms with Crippen LogP contribution < -0.4 is 9.47 Å². The first-order valence-corrected chi connectivity index (χ1v) is 8.44. The molecule has 2 aliphatic heterocycles. The van der Waals surface area contributed by atoms with Gasteiger partial charge in [-0.15, -0.1) is 0 Å². The molecular weight excluding hydrogens is 320 g/mol. The average Bonchev–Trinajstić information content (AvgIpc) is 3.06. The number of hydrogen-bond acceptors (Lipinski definition) is 5. The number of aliphatic carboxylic acids is 1. The highest BCUT2D eigenvalue weighted by Crippen LogP contribution is 2.35. The van der Waals surface area contributed by atoms with E-state index in [0.717, 1.165) is 29.2 Å². The third-order valence-corrected chi connectivity index (χ3v) is 4.86. The number of carbonyl (C=O) groups is 1. The smallest absolute Gasteiger partial charge is 0.308 e. The van der Waals surface area contributed by atoms with Gasteiger partial charge in [0.15, 0.2) is 11.5 Å². The van der Waals surface area contributed by atoms with Crippen molar-refractivity contribution in [1.29, 1.82) is 0 Å². The lowest BCUT2D eigenvalue weighted by Crippen LogP contribution is -2.23. The second-order valence-corrected chi connectivity index (χ2v) is 6.50. The summed E-state index contributed by atoms with van der Waals surface area (Å²) < 4.78 is 11.2. The number of carboxylic acids is 1. The van der Waals surface area contributed by atoms with Gasteiger partial charge in [-0.05, 0) is 35.4 Å². The Morgan fingerprint density at radius 1 is 1.12 bits per heavy atom. The molecule has 25 heavy (non-hydrogen) atoms. The molecule has 1 aromatic carbocycles. The molecule has 3 heterocycles. The van der Waals surface area contributed by atoms with Gasteiger partial charge < -0.3 is 14.6 Å². The quantitative estimate of drug-likeness (QED) is 0.919. The second-order valence-electron chi connectivity index (χ2n) is 6.50. The maximum atomic E-state index is 11.7. The molecule has 6 nitrogen and oxygen atoms in total. The van der Waals surface area contributed by atoms with Crippen molar-refractivity contribution >= 4 is 5.97 Å². The minimum Gasteiger partial charge on any atom is -0.486 e. The lowest BCUT2D eigenvalue weighted by atomic mass is 9.90. The molecule has 0 amide bonds. The molecule has 2 aliphatic rings. The number of benzene rings is 1. The van der Waals surface area contributed by atoms with Crippen LogP contribution in [-0.2, 0) is 11.3 Å². The molecule has 0 saturated carbocycles. The van der Waals surface area contributed by atoms with Crippen molar-refractivity contribution in [3.8, 4) is 11.5 Å². The number of rotatable bonds is 4. The Bertz CT molecular complexity index is 765. The molecule has 0 bridgehead atoms. The van der Waals surface area contributed by atoms with E-state index in [1.165, 1.54) is 0 Å². The molecule has 6 heteroatoms. The number of carboxylic acid groups (broad SMARTS) is 1. The number of likely N-dealkylation sites (tertiary alicyclic amines) is 1. The molecule has 1 aromatic heterocycles. The Balaban J connectivity index is 1.51. The Labute approximate surface area is 146 Å². The zero-order chi connectivity index (χ0) is 17.2. The number of pyridine rings is 1. The maximum absolute atomic E-state index is 11.7. The zero-order valence-corrected chi connectivity index (χ0v) is 13.8. The molecule has 4 rings (SSSR count). The summed E-state index contributed by atoms with van der Waals surface area (Å²) >= 11 is 0. The fourth-order valence-electron chi connectivity index (χ4n) is 3.66. The predicted molar refractivity (Wildman–Crippen MR) is 90.8 cm³/mol. The predicted octanol–water partition coefficient (Wildman–Crippen LogP) is 2.15. The highest BCUT2D eigenvalue weighted by molar-refractivity contribution is 5.72. The van der Waals surface area contributed by atoms with Gasteiger partial charge in [0, 0.05) is 37.9 Å². The molecular formula is C19H20N2O4. The van der Waals surface area contributed by atoms with E-state index in [1.807, 2.05) is 30.3 Å². The SMILES string of the molecule is O=C(O)[C@@H]1CN(Cc2ccc3c(c2)OCCO3)C[C@H]1c1ccncc1. The Morgan fingerprint density at radius 3 is 2.64 bits per heavy atom. The molecule has 2 aromatic rings. The van der Waals surface area contributed by atoms with Crippen molar-refractivity contribution in [2.45, 2.75) is 12.5 Å². The molecule has 0 aliphatic carbocycles. The van der Waals surface area contributed by atoms with Gasteiger partial charge in [-0.1, -0.05) is 6.07 Å². The third-order valence-electron chi connectivity index (χ3n) is 4.86. The minimum atomic E-state index is -0.744. The summed E-state index contributed by atoms with van der Waals surface area (Å²) in [5.41, 5.74) is 2.14. The standard InChI is InChI=1S/C19H20N2O4/c22-19(23)16-12-21(11-15(16)14-3-5-20-6-4-14)10-13-1-2-17-18(9-13)25-8-7-24-17/h1-6,9,15-16H,7-8,10-12H2,(H,22,23)/t15-,16+/m0/s1. The molecule has 1 fully saturated rings. The van der Waals surface area contributed by atoms with Crippen LogP contribution in [0.25, 0.3) is 0 Å². The number of aromatic nitrogens is 1. The van der Waals surface area contributed by atoms with E-state index in [-0.39, 0.29) is 5.92 Å². The monoisotopic (exact) mass is 340 g/mol. The highest BCUT2D eigenvalue weighted by atomic mass is 16.6. The summed E-state index contributed by atoms with van der Waals surface area (Å²) in [6.07, 6.45) is 3.44. The zero-order valence-electron chi connectivity index (χ0n) is 13.8. The van der Waals surface area contributed by atoms with Crippen molar-refractivity contribution < 1.29 is 19.4 Å². The van der Waals surface area contributed by atoms with Crippen LogP contribution in [0.3, 0.4) is 0 Å². The first kappa shape index (κ1) is 15.9. The van der Waals surface area contributed by atoms with Crippen LogP contribution in [0, 0.1) is 5.92 Å². The highest BCUT2D eigenvalue weighted by Gasteiger charge is 2.38. The molecule has 1 saturated heterocycles. The van der Waals surface area contributed by atoms with Crippen LogP contribution in [0.2, 0.25) is 0 Å². The van der Waals surface area contributed by atoms with E-state index < -0.39 is 11.9 Å². The summed E-state index contributed by atoms with van der Waals surface area (Å²) in [5, 5.41) is 9.61. The van der Waals surface area contributed by atoms with E-state index in [9.17, 15) is 9.90 Å². The van der Waals surface area contributed by atoms with Gasteiger partial charge in [0.25, 0.3) is 0 Å². The van der Waals surface area contributed by atoms with Gasteiger partial charge in [-0.3, -0.25) is 14.7 Å². The van der Waals surface area contributed by atoms with Gasteiger partial charge in [-0.2, -0.15) is 0 Å². The van der Waals surface area contributed by atoms with Crippen molar-refractivity contribution in [1.82, 2.24) is 9.88 Å². The van der Waals surface area contributed by atoms with Gasteiger partial charge >= 0.3 is 5.97 Å². The van der Waals surface area contributed by atoms with E-state index in [2.05, 4.69) is 9.88 Å². The van der Waals surface area contributed by atoms with Crippen LogP contribution in [0.15, 0.2) is 42.7 Å². The molecule has 1 N–H and O–H groups in total. The minimum absolute atomic E-state index is 0.0160. The Kier molecular flexibility index (Phi) is 4.28. The second kappa shape index (κ2) is 6.72. The molecule has 130 valence electrons. The van der Waals surface area contributed by atoms with Crippen LogP contribution >= 0.6 is 0 Å². The number of nitrogens with zero attached hydrogens (tertiary/aromatic N) is 2. The van der Waals surface area contributed by atoms with Crippen LogP contribution in [0.1, 0.15) is 17.0 Å². The number of hydrogen-bond donors (Lipinski definition) is 1. The first-order valence-electron chi connectivity index (χ1n) is 8.44. The van der Waals surface area contributed by atoms with Crippen LogP contribution in [-0.4, -0.2) is 47.3 Å². The largest absolute Gasteiger partial charge is 0.486 e. The van der Waals surface area contributed by atoms with E-state index >= 15 is 0 Å². The normalized spacial score (nSPS) is 22.7. The summed E-state index contributed by atoms with van der Waals surface area (Å²) in [6, 6.07) is 9.75. The van der Waals surface area contributed by atoms with Crippen LogP contribution in [0.4, 0.5) is 0 Å². The lowest BCUT2D eigenvalue weighted by Gasteiger charge is -2.21. The van der Waals surface area contributed by atoms with E-state index in [0.29, 0.717) is 26.3 Å². The molecule has 0 unspecified atom stereocenters. The van der Waals surface area contributed by atoms with Gasteiger partial charge in [0.05, 0.1) is 5.92 Å². The van der Waals surface area contributed by atoms with Crippen molar-refractivity contribution in [3.63, 3.8) is 0 Å². The van der Waals surface area contributed by atoms with Crippen molar-refractivity contribution in [3.05, 3.63) is 53.9 Å². The topological polar surface area (TPSA) is 71.9 Å². The number of fused-ring (bicyclic) bond motifs is 1. The maximum Gasteiger partial charge on any atom is 0.308 e. The molecule has 2 atom stereocenters. The van der Waals surface area contributed by atoms with E-state index in [1.54, 1.807) is 12.4 Å². The van der Waals surface area contributed by atoms with Gasteiger partial charge in [0.1, 0.15) is 13.2 Å². The molecule has 0 radical (unpaired) electrons. The summed E-state index contributed by atoms with van der Waals surface area (Å²) in [6.45, 7) is 3.09. The lowest BCUT2D eigenvalue weighted by molar-refractivity contribution is -0.141. The van der Waals surface area contributed by atoms with Crippen molar-refractivity contribution in [2.24, 2.45) is 5.92 Å². The van der Waals surface area contributed by atoms with Gasteiger partial charge in [-0.25, -0.2) is 0 Å². The third kappa shape index (κ3) is 3.30. The Hall–Kier alpha value is -2.60. The summed E-state index contributed by atoms with van der Waals surface area (Å²) in [7, 11) is 0. The fraction of sp³-hybridized carbons (Fsp3) is 0.368. The summed E-state index contributed by atoms with van der Waals surface area (Å²) in [5.74, 6) is 0.377. The Morgan fingerprint density at radius 2 is 1.88 bits per heavy atom. The average molecular weight is 340 g/mol. The molecule has 0 spiro atoms. The van der Waals surface area contributed by atoms with E-state index in [4.69, 9.17) is 9.47 Å².